The standard InChI is InChI=1S/C16H16N2O2/c1-17-14-4-2-3-5-15(14)18-13-9-6-12(7-10-13)8-11-16(19)20/h2-11,17-18H,1H3,(H,19,20)/b11-8+. The fourth-order valence-corrected chi connectivity index (χ4v) is 1.81. The first-order valence-corrected chi connectivity index (χ1v) is 6.24. The summed E-state index contributed by atoms with van der Waals surface area (Å²) in [6.07, 6.45) is 2.69. The minimum absolute atomic E-state index is 0.847. The van der Waals surface area contributed by atoms with E-state index in [2.05, 4.69) is 10.6 Å². The first-order chi connectivity index (χ1) is 9.69. The van der Waals surface area contributed by atoms with Crippen molar-refractivity contribution in [3.05, 3.63) is 60.2 Å². The third kappa shape index (κ3) is 3.62. The van der Waals surface area contributed by atoms with Gasteiger partial charge in [-0.2, -0.15) is 0 Å². The lowest BCUT2D eigenvalue weighted by atomic mass is 10.2. The molecule has 102 valence electrons. The van der Waals surface area contributed by atoms with Crippen LogP contribution in [0.5, 0.6) is 0 Å². The first-order valence-electron chi connectivity index (χ1n) is 6.24. The summed E-state index contributed by atoms with van der Waals surface area (Å²) in [7, 11) is 1.88. The van der Waals surface area contributed by atoms with Gasteiger partial charge in [-0.3, -0.25) is 0 Å². The zero-order valence-electron chi connectivity index (χ0n) is 11.1. The van der Waals surface area contributed by atoms with Crippen LogP contribution in [0.25, 0.3) is 6.08 Å². The number of benzene rings is 2. The average Bonchev–Trinajstić information content (AvgIpc) is 2.47. The van der Waals surface area contributed by atoms with Gasteiger partial charge in [-0.1, -0.05) is 24.3 Å². The molecule has 0 amide bonds. The Morgan fingerprint density at radius 1 is 1.05 bits per heavy atom. The van der Waals surface area contributed by atoms with Gasteiger partial charge in [0.1, 0.15) is 0 Å². The predicted molar refractivity (Wildman–Crippen MR) is 82.4 cm³/mol. The maximum atomic E-state index is 10.4. The Kier molecular flexibility index (Phi) is 4.39. The van der Waals surface area contributed by atoms with Crippen LogP contribution in [0.1, 0.15) is 5.56 Å². The van der Waals surface area contributed by atoms with E-state index in [0.29, 0.717) is 0 Å². The maximum Gasteiger partial charge on any atom is 0.328 e. The first kappa shape index (κ1) is 13.7. The van der Waals surface area contributed by atoms with E-state index in [1.807, 2.05) is 55.6 Å². The van der Waals surface area contributed by atoms with E-state index in [1.165, 1.54) is 0 Å². The number of rotatable bonds is 5. The highest BCUT2D eigenvalue weighted by molar-refractivity contribution is 5.85. The molecule has 2 aromatic carbocycles. The monoisotopic (exact) mass is 268 g/mol. The molecule has 0 unspecified atom stereocenters. The predicted octanol–water partition coefficient (Wildman–Crippen LogP) is 3.57. The Morgan fingerprint density at radius 3 is 2.30 bits per heavy atom. The largest absolute Gasteiger partial charge is 0.478 e. The van der Waals surface area contributed by atoms with Gasteiger partial charge in [0.05, 0.1) is 11.4 Å². The van der Waals surface area contributed by atoms with Gasteiger partial charge in [-0.05, 0) is 35.9 Å². The molecule has 2 aromatic rings. The van der Waals surface area contributed by atoms with E-state index in [4.69, 9.17) is 5.11 Å². The van der Waals surface area contributed by atoms with E-state index in [0.717, 1.165) is 28.7 Å². The quantitative estimate of drug-likeness (QED) is 0.725. The molecule has 0 saturated carbocycles. The summed E-state index contributed by atoms with van der Waals surface area (Å²) in [5.74, 6) is -0.949. The van der Waals surface area contributed by atoms with Crippen molar-refractivity contribution in [1.29, 1.82) is 0 Å². The molecule has 0 aliphatic rings. The molecule has 0 aromatic heterocycles. The number of nitrogens with one attached hydrogen (secondary N) is 2. The minimum Gasteiger partial charge on any atom is -0.478 e. The Morgan fingerprint density at radius 2 is 1.70 bits per heavy atom. The number of carboxylic acids is 1. The van der Waals surface area contributed by atoms with Gasteiger partial charge in [-0.25, -0.2) is 4.79 Å². The zero-order valence-corrected chi connectivity index (χ0v) is 11.1. The molecule has 0 spiro atoms. The van der Waals surface area contributed by atoms with Crippen molar-refractivity contribution >= 4 is 29.1 Å². The van der Waals surface area contributed by atoms with E-state index >= 15 is 0 Å². The summed E-state index contributed by atoms with van der Waals surface area (Å²) in [5, 5.41) is 15.0. The van der Waals surface area contributed by atoms with Crippen LogP contribution in [0.4, 0.5) is 17.1 Å². The van der Waals surface area contributed by atoms with Crippen molar-refractivity contribution in [2.75, 3.05) is 17.7 Å². The molecule has 4 heteroatoms. The second-order valence-electron chi connectivity index (χ2n) is 4.21. The molecular formula is C16H16N2O2. The smallest absolute Gasteiger partial charge is 0.328 e. The van der Waals surface area contributed by atoms with E-state index < -0.39 is 5.97 Å². The molecule has 0 aliphatic carbocycles. The third-order valence-corrected chi connectivity index (χ3v) is 2.80. The Hall–Kier alpha value is -2.75. The lowest BCUT2D eigenvalue weighted by Gasteiger charge is -2.11. The summed E-state index contributed by atoms with van der Waals surface area (Å²) in [5.41, 5.74) is 3.80. The second-order valence-corrected chi connectivity index (χ2v) is 4.21. The van der Waals surface area contributed by atoms with Crippen molar-refractivity contribution in [3.8, 4) is 0 Å². The summed E-state index contributed by atoms with van der Waals surface area (Å²) in [6, 6.07) is 15.5. The molecule has 0 saturated heterocycles. The number of carbonyl (C=O) groups is 1. The summed E-state index contributed by atoms with van der Waals surface area (Å²) in [6.45, 7) is 0. The van der Waals surface area contributed by atoms with Gasteiger partial charge < -0.3 is 15.7 Å². The number of carboxylic acid groups (broad SMARTS) is 1. The summed E-state index contributed by atoms with van der Waals surface area (Å²) in [4.78, 5) is 10.4. The third-order valence-electron chi connectivity index (χ3n) is 2.80. The van der Waals surface area contributed by atoms with Gasteiger partial charge in [-0.15, -0.1) is 0 Å². The van der Waals surface area contributed by atoms with Gasteiger partial charge in [0.15, 0.2) is 0 Å². The molecule has 2 rings (SSSR count). The van der Waals surface area contributed by atoms with Gasteiger partial charge in [0.25, 0.3) is 0 Å². The molecular weight excluding hydrogens is 252 g/mol. The van der Waals surface area contributed by atoms with Gasteiger partial charge >= 0.3 is 5.97 Å². The highest BCUT2D eigenvalue weighted by Gasteiger charge is 1.99. The van der Waals surface area contributed by atoms with Crippen LogP contribution >= 0.6 is 0 Å². The average molecular weight is 268 g/mol. The molecule has 3 N–H and O–H groups in total. The van der Waals surface area contributed by atoms with Crippen LogP contribution in [0.15, 0.2) is 54.6 Å². The molecule has 0 aliphatic heterocycles. The molecule has 0 atom stereocenters. The number of hydrogen-bond acceptors (Lipinski definition) is 3. The SMILES string of the molecule is CNc1ccccc1Nc1ccc(/C=C/C(=O)O)cc1. The van der Waals surface area contributed by atoms with Crippen molar-refractivity contribution in [3.63, 3.8) is 0 Å². The van der Waals surface area contributed by atoms with Crippen LogP contribution in [-0.2, 0) is 4.79 Å². The lowest BCUT2D eigenvalue weighted by molar-refractivity contribution is -0.131. The van der Waals surface area contributed by atoms with Crippen molar-refractivity contribution in [2.24, 2.45) is 0 Å². The lowest BCUT2D eigenvalue weighted by Crippen LogP contribution is -1.96. The molecule has 0 heterocycles. The minimum atomic E-state index is -0.949. The Bertz CT molecular complexity index is 619. The van der Waals surface area contributed by atoms with Crippen molar-refractivity contribution < 1.29 is 9.90 Å². The number of para-hydroxylation sites is 2. The fourth-order valence-electron chi connectivity index (χ4n) is 1.81. The van der Waals surface area contributed by atoms with Crippen molar-refractivity contribution in [1.82, 2.24) is 0 Å². The van der Waals surface area contributed by atoms with Crippen LogP contribution in [-0.4, -0.2) is 18.1 Å². The summed E-state index contributed by atoms with van der Waals surface area (Å²) < 4.78 is 0. The van der Waals surface area contributed by atoms with Crippen LogP contribution in [0.2, 0.25) is 0 Å². The molecule has 0 radical (unpaired) electrons. The normalized spacial score (nSPS) is 10.4. The zero-order chi connectivity index (χ0) is 14.4. The molecule has 0 fully saturated rings. The van der Waals surface area contributed by atoms with Crippen LogP contribution in [0.3, 0.4) is 0 Å². The number of hydrogen-bond donors (Lipinski definition) is 3. The summed E-state index contributed by atoms with van der Waals surface area (Å²) >= 11 is 0. The van der Waals surface area contributed by atoms with E-state index in [1.54, 1.807) is 6.08 Å². The Labute approximate surface area is 117 Å². The van der Waals surface area contributed by atoms with Crippen molar-refractivity contribution in [2.45, 2.75) is 0 Å². The number of aliphatic carboxylic acids is 1. The Balaban J connectivity index is 2.13. The van der Waals surface area contributed by atoms with E-state index in [-0.39, 0.29) is 0 Å². The van der Waals surface area contributed by atoms with Crippen LogP contribution < -0.4 is 10.6 Å². The second kappa shape index (κ2) is 6.43. The van der Waals surface area contributed by atoms with Crippen LogP contribution in [0, 0.1) is 0 Å². The van der Waals surface area contributed by atoms with Gasteiger partial charge in [0.2, 0.25) is 0 Å². The highest BCUT2D eigenvalue weighted by Crippen LogP contribution is 2.24. The molecule has 20 heavy (non-hydrogen) atoms. The maximum absolute atomic E-state index is 10.4. The highest BCUT2D eigenvalue weighted by atomic mass is 16.4. The fraction of sp³-hybridized carbons (Fsp3) is 0.0625. The number of anilines is 3. The molecule has 0 bridgehead atoms. The van der Waals surface area contributed by atoms with E-state index in [9.17, 15) is 4.79 Å². The topological polar surface area (TPSA) is 61.4 Å². The van der Waals surface area contributed by atoms with Gasteiger partial charge in [0, 0.05) is 18.8 Å². The molecule has 4 nitrogen and oxygen atoms in total.